The summed E-state index contributed by atoms with van der Waals surface area (Å²) in [5.74, 6) is -0.282. The summed E-state index contributed by atoms with van der Waals surface area (Å²) in [5.41, 5.74) is 1.31. The molecule has 2 aromatic rings. The molecule has 0 spiro atoms. The van der Waals surface area contributed by atoms with Crippen LogP contribution in [0.15, 0.2) is 42.5 Å². The van der Waals surface area contributed by atoms with Crippen molar-refractivity contribution in [1.29, 1.82) is 0 Å². The summed E-state index contributed by atoms with van der Waals surface area (Å²) in [7, 11) is -1.98. The van der Waals surface area contributed by atoms with Gasteiger partial charge in [0.15, 0.2) is 0 Å². The Morgan fingerprint density at radius 1 is 0.933 bits per heavy atom. The van der Waals surface area contributed by atoms with Gasteiger partial charge in [-0.25, -0.2) is 4.39 Å². The zero-order chi connectivity index (χ0) is 10.4. The highest BCUT2D eigenvalue weighted by molar-refractivity contribution is 7.63. The van der Waals surface area contributed by atoms with Crippen molar-refractivity contribution in [2.45, 2.75) is 0 Å². The Labute approximate surface area is 87.4 Å². The zero-order valence-electron chi connectivity index (χ0n) is 7.83. The van der Waals surface area contributed by atoms with Crippen molar-refractivity contribution in [2.75, 3.05) is 0 Å². The molecule has 0 amide bonds. The minimum absolute atomic E-state index is 0.282. The summed E-state index contributed by atoms with van der Waals surface area (Å²) in [4.78, 5) is 0. The van der Waals surface area contributed by atoms with E-state index >= 15 is 0 Å². The van der Waals surface area contributed by atoms with Gasteiger partial charge in [0.1, 0.15) is 13.6 Å². The first-order chi connectivity index (χ1) is 7.29. The third kappa shape index (κ3) is 1.12. The minimum Gasteiger partial charge on any atom is -0.317 e. The zero-order valence-corrected chi connectivity index (χ0v) is 8.83. The van der Waals surface area contributed by atoms with E-state index < -0.39 is 7.80 Å². The highest BCUT2D eigenvalue weighted by atomic mass is 31.1. The van der Waals surface area contributed by atoms with Crippen molar-refractivity contribution >= 4 is 18.4 Å². The Hall–Kier alpha value is -1.40. The molecule has 1 atom stereocenters. The molecule has 1 unspecified atom stereocenters. The van der Waals surface area contributed by atoms with Gasteiger partial charge in [-0.3, -0.25) is 0 Å². The first-order valence-corrected chi connectivity index (χ1v) is 6.12. The SMILES string of the molecule is O=[PH]1c2ccccc2-c2c(F)cccc21. The quantitative estimate of drug-likeness (QED) is 0.529. The van der Waals surface area contributed by atoms with Crippen molar-refractivity contribution < 1.29 is 8.96 Å². The number of hydrogen-bond acceptors (Lipinski definition) is 1. The van der Waals surface area contributed by atoms with Gasteiger partial charge >= 0.3 is 0 Å². The van der Waals surface area contributed by atoms with E-state index in [9.17, 15) is 8.96 Å². The van der Waals surface area contributed by atoms with Gasteiger partial charge in [0, 0.05) is 16.2 Å². The summed E-state index contributed by atoms with van der Waals surface area (Å²) < 4.78 is 25.7. The number of rotatable bonds is 0. The third-order valence-electron chi connectivity index (χ3n) is 2.70. The molecule has 3 heteroatoms. The first-order valence-electron chi connectivity index (χ1n) is 4.71. The lowest BCUT2D eigenvalue weighted by Gasteiger charge is -1.99. The average Bonchev–Trinajstić information content (AvgIpc) is 2.55. The lowest BCUT2D eigenvalue weighted by atomic mass is 10.1. The van der Waals surface area contributed by atoms with Crippen molar-refractivity contribution in [3.05, 3.63) is 48.3 Å². The number of hydrogen-bond donors (Lipinski definition) is 0. The molecule has 0 bridgehead atoms. The first kappa shape index (κ1) is 8.87. The molecule has 0 N–H and O–H groups in total. The normalized spacial score (nSPS) is 17.3. The number of benzene rings is 2. The van der Waals surface area contributed by atoms with Gasteiger partial charge in [0.05, 0.1) is 0 Å². The van der Waals surface area contributed by atoms with Crippen molar-refractivity contribution in [3.8, 4) is 11.1 Å². The maximum Gasteiger partial charge on any atom is 0.133 e. The number of fused-ring (bicyclic) bond motifs is 3. The predicted molar refractivity (Wildman–Crippen MR) is 60.1 cm³/mol. The average molecular weight is 218 g/mol. The molecule has 0 saturated carbocycles. The summed E-state index contributed by atoms with van der Waals surface area (Å²) in [6.45, 7) is 0. The molecule has 0 fully saturated rings. The van der Waals surface area contributed by atoms with Crippen LogP contribution in [0.25, 0.3) is 11.1 Å². The van der Waals surface area contributed by atoms with Crippen LogP contribution in [0, 0.1) is 5.82 Å². The molecule has 0 saturated heterocycles. The fraction of sp³-hybridized carbons (Fsp3) is 0. The molecule has 2 aromatic carbocycles. The van der Waals surface area contributed by atoms with E-state index in [-0.39, 0.29) is 5.82 Å². The van der Waals surface area contributed by atoms with Crippen LogP contribution in [0.1, 0.15) is 0 Å². The minimum atomic E-state index is -1.98. The lowest BCUT2D eigenvalue weighted by molar-refractivity contribution is 0.598. The molecule has 0 aromatic heterocycles. The van der Waals surface area contributed by atoms with Crippen LogP contribution in [0.4, 0.5) is 4.39 Å². The fourth-order valence-electron chi connectivity index (χ4n) is 2.03. The Morgan fingerprint density at radius 3 is 2.53 bits per heavy atom. The largest absolute Gasteiger partial charge is 0.317 e. The molecule has 0 aliphatic carbocycles. The van der Waals surface area contributed by atoms with E-state index in [0.29, 0.717) is 10.9 Å². The standard InChI is InChI=1S/C12H8FOP/c13-9-5-3-7-11-12(9)8-4-1-2-6-10(8)15(11)14/h1-7,15H. The van der Waals surface area contributed by atoms with Crippen LogP contribution < -0.4 is 10.6 Å². The number of halogens is 1. The van der Waals surface area contributed by atoms with Crippen LogP contribution in [-0.4, -0.2) is 0 Å². The van der Waals surface area contributed by atoms with Gasteiger partial charge < -0.3 is 4.57 Å². The molecule has 74 valence electrons. The van der Waals surface area contributed by atoms with E-state index in [1.54, 1.807) is 12.1 Å². The molecule has 1 aliphatic rings. The van der Waals surface area contributed by atoms with Gasteiger partial charge in [-0.05, 0) is 11.6 Å². The van der Waals surface area contributed by atoms with Gasteiger partial charge in [0.25, 0.3) is 0 Å². The second-order valence-electron chi connectivity index (χ2n) is 3.54. The fourth-order valence-corrected chi connectivity index (χ4v) is 3.75. The molecule has 1 heterocycles. The van der Waals surface area contributed by atoms with Gasteiger partial charge in [-0.15, -0.1) is 0 Å². The van der Waals surface area contributed by atoms with E-state index in [1.807, 2.05) is 24.3 Å². The monoisotopic (exact) mass is 218 g/mol. The van der Waals surface area contributed by atoms with Crippen LogP contribution in [-0.2, 0) is 4.57 Å². The van der Waals surface area contributed by atoms with Crippen molar-refractivity contribution in [3.63, 3.8) is 0 Å². The van der Waals surface area contributed by atoms with Crippen molar-refractivity contribution in [1.82, 2.24) is 0 Å². The summed E-state index contributed by atoms with van der Waals surface area (Å²) >= 11 is 0. The van der Waals surface area contributed by atoms with Crippen molar-refractivity contribution in [2.24, 2.45) is 0 Å². The van der Waals surface area contributed by atoms with Crippen LogP contribution in [0.5, 0.6) is 0 Å². The summed E-state index contributed by atoms with van der Waals surface area (Å²) in [6.07, 6.45) is 0. The lowest BCUT2D eigenvalue weighted by Crippen LogP contribution is -1.98. The van der Waals surface area contributed by atoms with Crippen LogP contribution in [0.2, 0.25) is 0 Å². The maximum absolute atomic E-state index is 13.6. The van der Waals surface area contributed by atoms with Gasteiger partial charge in [-0.1, -0.05) is 36.4 Å². The topological polar surface area (TPSA) is 17.1 Å². The third-order valence-corrected chi connectivity index (χ3v) is 4.53. The van der Waals surface area contributed by atoms with Crippen LogP contribution >= 0.6 is 7.80 Å². The molecular weight excluding hydrogens is 210 g/mol. The Bertz CT molecular complexity index is 578. The summed E-state index contributed by atoms with van der Waals surface area (Å²) in [6, 6.07) is 12.1. The second kappa shape index (κ2) is 3.04. The Morgan fingerprint density at radius 2 is 1.67 bits per heavy atom. The smallest absolute Gasteiger partial charge is 0.133 e. The molecule has 1 aliphatic heterocycles. The predicted octanol–water partition coefficient (Wildman–Crippen LogP) is 2.32. The molecular formula is C12H8FOP. The molecule has 0 radical (unpaired) electrons. The van der Waals surface area contributed by atoms with Gasteiger partial charge in [0.2, 0.25) is 0 Å². The molecule has 15 heavy (non-hydrogen) atoms. The van der Waals surface area contributed by atoms with E-state index in [0.717, 1.165) is 10.9 Å². The van der Waals surface area contributed by atoms with E-state index in [1.165, 1.54) is 6.07 Å². The Kier molecular flexibility index (Phi) is 1.80. The highest BCUT2D eigenvalue weighted by Crippen LogP contribution is 2.38. The van der Waals surface area contributed by atoms with Gasteiger partial charge in [-0.2, -0.15) is 0 Å². The highest BCUT2D eigenvalue weighted by Gasteiger charge is 2.26. The van der Waals surface area contributed by atoms with E-state index in [2.05, 4.69) is 0 Å². The van der Waals surface area contributed by atoms with E-state index in [4.69, 9.17) is 0 Å². The second-order valence-corrected chi connectivity index (χ2v) is 5.27. The maximum atomic E-state index is 13.6. The summed E-state index contributed by atoms with van der Waals surface area (Å²) in [5, 5.41) is 1.43. The van der Waals surface area contributed by atoms with Crippen LogP contribution in [0.3, 0.4) is 0 Å². The molecule has 3 rings (SSSR count). The molecule has 1 nitrogen and oxygen atoms in total. The Balaban J connectivity index is 2.45.